The van der Waals surface area contributed by atoms with E-state index in [0.29, 0.717) is 6.54 Å². The summed E-state index contributed by atoms with van der Waals surface area (Å²) in [6.45, 7) is 1.14. The van der Waals surface area contributed by atoms with Crippen LogP contribution in [0.4, 0.5) is 0 Å². The predicted molar refractivity (Wildman–Crippen MR) is 84.2 cm³/mol. The van der Waals surface area contributed by atoms with Gasteiger partial charge in [-0.2, -0.15) is 0 Å². The Kier molecular flexibility index (Phi) is 7.80. The van der Waals surface area contributed by atoms with Crippen LogP contribution in [0, 0.1) is 0 Å². The molecule has 0 bridgehead atoms. The van der Waals surface area contributed by atoms with Gasteiger partial charge in [-0.3, -0.25) is 4.57 Å². The van der Waals surface area contributed by atoms with Crippen LogP contribution in [-0.2, 0) is 4.57 Å². The maximum absolute atomic E-state index is 10.8. The SMILES string of the molecule is CN(CC[C@@H](N)CSc1ccccc1)CCP(=O)(O)O. The van der Waals surface area contributed by atoms with Gasteiger partial charge in [0.2, 0.25) is 0 Å². The highest BCUT2D eigenvalue weighted by Gasteiger charge is 2.14. The first kappa shape index (κ1) is 17.7. The van der Waals surface area contributed by atoms with E-state index in [1.807, 2.05) is 30.1 Å². The summed E-state index contributed by atoms with van der Waals surface area (Å²) in [7, 11) is -2.04. The molecule has 0 spiro atoms. The number of rotatable bonds is 9. The lowest BCUT2D eigenvalue weighted by molar-refractivity contribution is 0.319. The summed E-state index contributed by atoms with van der Waals surface area (Å²) < 4.78 is 10.8. The first-order chi connectivity index (χ1) is 9.37. The zero-order valence-electron chi connectivity index (χ0n) is 11.7. The maximum Gasteiger partial charge on any atom is 0.326 e. The first-order valence-electron chi connectivity index (χ1n) is 6.53. The van der Waals surface area contributed by atoms with E-state index >= 15 is 0 Å². The van der Waals surface area contributed by atoms with Crippen LogP contribution in [0.15, 0.2) is 35.2 Å². The molecule has 0 amide bonds. The molecular weight excluding hydrogens is 295 g/mol. The Morgan fingerprint density at radius 3 is 2.55 bits per heavy atom. The minimum Gasteiger partial charge on any atom is -0.327 e. The molecule has 5 nitrogen and oxygen atoms in total. The van der Waals surface area contributed by atoms with Crippen LogP contribution in [0.2, 0.25) is 0 Å². The Morgan fingerprint density at radius 2 is 1.95 bits per heavy atom. The third kappa shape index (κ3) is 8.74. The van der Waals surface area contributed by atoms with Gasteiger partial charge in [0.25, 0.3) is 0 Å². The zero-order valence-corrected chi connectivity index (χ0v) is 13.4. The van der Waals surface area contributed by atoms with Crippen molar-refractivity contribution in [2.24, 2.45) is 5.73 Å². The van der Waals surface area contributed by atoms with Crippen molar-refractivity contribution in [1.82, 2.24) is 4.90 Å². The third-order valence-corrected chi connectivity index (χ3v) is 4.84. The van der Waals surface area contributed by atoms with Crippen LogP contribution in [0.25, 0.3) is 0 Å². The largest absolute Gasteiger partial charge is 0.327 e. The predicted octanol–water partition coefficient (Wildman–Crippen LogP) is 1.61. The molecule has 0 aromatic heterocycles. The molecule has 0 unspecified atom stereocenters. The monoisotopic (exact) mass is 318 g/mol. The van der Waals surface area contributed by atoms with Gasteiger partial charge in [-0.1, -0.05) is 18.2 Å². The maximum atomic E-state index is 10.8. The first-order valence-corrected chi connectivity index (χ1v) is 9.31. The number of hydrogen-bond acceptors (Lipinski definition) is 4. The summed E-state index contributed by atoms with van der Waals surface area (Å²) in [6, 6.07) is 10.2. The number of benzene rings is 1. The fourth-order valence-corrected chi connectivity index (χ4v) is 3.13. The van der Waals surface area contributed by atoms with Crippen molar-refractivity contribution in [2.45, 2.75) is 17.4 Å². The highest BCUT2D eigenvalue weighted by Crippen LogP contribution is 2.33. The molecule has 0 aliphatic heterocycles. The highest BCUT2D eigenvalue weighted by atomic mass is 32.2. The van der Waals surface area contributed by atoms with Gasteiger partial charge >= 0.3 is 7.60 Å². The fourth-order valence-electron chi connectivity index (χ4n) is 1.60. The molecular formula is C13H23N2O3PS. The second-order valence-corrected chi connectivity index (χ2v) is 7.73. The molecule has 0 fully saturated rings. The molecule has 0 radical (unpaired) electrons. The quantitative estimate of drug-likeness (QED) is 0.474. The van der Waals surface area contributed by atoms with Gasteiger partial charge in [0.1, 0.15) is 0 Å². The lowest BCUT2D eigenvalue weighted by Crippen LogP contribution is -2.31. The summed E-state index contributed by atoms with van der Waals surface area (Å²) in [4.78, 5) is 20.7. The number of thioether (sulfide) groups is 1. The van der Waals surface area contributed by atoms with Crippen LogP contribution >= 0.6 is 19.4 Å². The summed E-state index contributed by atoms with van der Waals surface area (Å²) >= 11 is 1.73. The van der Waals surface area contributed by atoms with Crippen molar-refractivity contribution >= 4 is 19.4 Å². The highest BCUT2D eigenvalue weighted by molar-refractivity contribution is 7.99. The fraction of sp³-hybridized carbons (Fsp3) is 0.538. The smallest absolute Gasteiger partial charge is 0.326 e. The van der Waals surface area contributed by atoms with Crippen LogP contribution in [0.1, 0.15) is 6.42 Å². The van der Waals surface area contributed by atoms with Crippen molar-refractivity contribution in [3.05, 3.63) is 30.3 Å². The molecule has 1 aromatic rings. The van der Waals surface area contributed by atoms with Crippen molar-refractivity contribution < 1.29 is 14.4 Å². The van der Waals surface area contributed by atoms with E-state index in [9.17, 15) is 4.57 Å². The average molecular weight is 318 g/mol. The molecule has 0 saturated heterocycles. The van der Waals surface area contributed by atoms with Gasteiger partial charge in [0, 0.05) is 23.2 Å². The molecule has 114 valence electrons. The molecule has 1 aromatic carbocycles. The second-order valence-electron chi connectivity index (χ2n) is 4.86. The van der Waals surface area contributed by atoms with E-state index in [0.717, 1.165) is 18.7 Å². The molecule has 0 aliphatic carbocycles. The summed E-state index contributed by atoms with van der Waals surface area (Å²) in [5, 5.41) is 0. The topological polar surface area (TPSA) is 86.8 Å². The van der Waals surface area contributed by atoms with E-state index in [4.69, 9.17) is 15.5 Å². The van der Waals surface area contributed by atoms with Crippen molar-refractivity contribution in [3.8, 4) is 0 Å². The van der Waals surface area contributed by atoms with Gasteiger partial charge in [-0.05, 0) is 32.1 Å². The van der Waals surface area contributed by atoms with Gasteiger partial charge in [-0.25, -0.2) is 0 Å². The van der Waals surface area contributed by atoms with E-state index in [1.165, 1.54) is 4.90 Å². The minimum atomic E-state index is -3.90. The molecule has 0 saturated carbocycles. The van der Waals surface area contributed by atoms with E-state index in [-0.39, 0.29) is 12.2 Å². The van der Waals surface area contributed by atoms with Crippen LogP contribution in [0.5, 0.6) is 0 Å². The zero-order chi connectivity index (χ0) is 15.0. The molecule has 7 heteroatoms. The number of nitrogens with zero attached hydrogens (tertiary/aromatic N) is 1. The Balaban J connectivity index is 2.16. The third-order valence-electron chi connectivity index (χ3n) is 2.86. The summed E-state index contributed by atoms with van der Waals surface area (Å²) in [5.41, 5.74) is 6.05. The second kappa shape index (κ2) is 8.82. The average Bonchev–Trinajstić information content (AvgIpc) is 2.41. The normalized spacial score (nSPS) is 13.7. The molecule has 1 rings (SSSR count). The summed E-state index contributed by atoms with van der Waals surface area (Å²) in [6.07, 6.45) is 0.717. The van der Waals surface area contributed by atoms with Crippen molar-refractivity contribution in [2.75, 3.05) is 32.1 Å². The molecule has 20 heavy (non-hydrogen) atoms. The van der Waals surface area contributed by atoms with Gasteiger partial charge in [0.15, 0.2) is 0 Å². The standard InChI is InChI=1S/C13H23N2O3PS/c1-15(9-10-19(16,17)18)8-7-12(14)11-20-13-5-3-2-4-6-13/h2-6,12H,7-11,14H2,1H3,(H2,16,17,18)/t12-/m1/s1. The van der Waals surface area contributed by atoms with E-state index in [2.05, 4.69) is 12.1 Å². The van der Waals surface area contributed by atoms with Crippen LogP contribution in [0.3, 0.4) is 0 Å². The van der Waals surface area contributed by atoms with Gasteiger partial charge < -0.3 is 20.4 Å². The van der Waals surface area contributed by atoms with Crippen molar-refractivity contribution in [3.63, 3.8) is 0 Å². The Hall–Kier alpha value is -0.360. The summed E-state index contributed by atoms with van der Waals surface area (Å²) in [5.74, 6) is 0.844. The minimum absolute atomic E-state index is 0.0812. The Morgan fingerprint density at radius 1 is 1.30 bits per heavy atom. The molecule has 1 atom stereocenters. The van der Waals surface area contributed by atoms with E-state index < -0.39 is 7.60 Å². The van der Waals surface area contributed by atoms with Crippen LogP contribution in [-0.4, -0.2) is 52.8 Å². The Bertz CT molecular complexity index is 427. The Labute approximate surface area is 124 Å². The van der Waals surface area contributed by atoms with Crippen LogP contribution < -0.4 is 5.73 Å². The van der Waals surface area contributed by atoms with E-state index in [1.54, 1.807) is 11.8 Å². The molecule has 0 heterocycles. The van der Waals surface area contributed by atoms with Crippen molar-refractivity contribution in [1.29, 1.82) is 0 Å². The number of nitrogens with two attached hydrogens (primary N) is 1. The molecule has 0 aliphatic rings. The lowest BCUT2D eigenvalue weighted by atomic mass is 10.2. The molecule has 4 N–H and O–H groups in total. The van der Waals surface area contributed by atoms with Gasteiger partial charge in [0.05, 0.1) is 6.16 Å². The number of hydrogen-bond donors (Lipinski definition) is 3. The van der Waals surface area contributed by atoms with Gasteiger partial charge in [-0.15, -0.1) is 11.8 Å². The lowest BCUT2D eigenvalue weighted by Gasteiger charge is -2.19.